The van der Waals surface area contributed by atoms with E-state index in [1.54, 1.807) is 17.8 Å². The Balaban J connectivity index is 1.43. The zero-order valence-electron chi connectivity index (χ0n) is 17.8. The van der Waals surface area contributed by atoms with Crippen molar-refractivity contribution in [1.29, 1.82) is 0 Å². The Labute approximate surface area is 185 Å². The lowest BCUT2D eigenvalue weighted by molar-refractivity contribution is 0.235. The van der Waals surface area contributed by atoms with Crippen LogP contribution in [0.3, 0.4) is 0 Å². The van der Waals surface area contributed by atoms with Gasteiger partial charge in [0.1, 0.15) is 0 Å². The molecule has 0 radical (unpaired) electrons. The number of rotatable bonds is 7. The highest BCUT2D eigenvalue weighted by molar-refractivity contribution is 7.98. The van der Waals surface area contributed by atoms with Crippen LogP contribution >= 0.6 is 11.8 Å². The summed E-state index contributed by atoms with van der Waals surface area (Å²) in [6, 6.07) is 15.9. The van der Waals surface area contributed by atoms with Gasteiger partial charge in [-0.05, 0) is 74.6 Å². The molecule has 0 amide bonds. The second kappa shape index (κ2) is 9.18. The Morgan fingerprint density at radius 2 is 1.74 bits per heavy atom. The Morgan fingerprint density at radius 1 is 0.935 bits per heavy atom. The molecule has 2 heterocycles. The first kappa shape index (κ1) is 20.9. The molecular formula is C23H23N5O2S. The van der Waals surface area contributed by atoms with Crippen molar-refractivity contribution in [2.45, 2.75) is 32.3 Å². The fourth-order valence-electron chi connectivity index (χ4n) is 2.92. The zero-order valence-corrected chi connectivity index (χ0v) is 18.7. The van der Waals surface area contributed by atoms with E-state index in [0.29, 0.717) is 23.5 Å². The largest absolute Gasteiger partial charge is 0.467 e. The predicted octanol–water partition coefficient (Wildman–Crippen LogP) is 5.50. The number of thioether (sulfide) groups is 1. The molecule has 0 aliphatic heterocycles. The van der Waals surface area contributed by atoms with Gasteiger partial charge >= 0.3 is 0 Å². The summed E-state index contributed by atoms with van der Waals surface area (Å²) < 4.78 is 11.1. The lowest BCUT2D eigenvalue weighted by Gasteiger charge is -2.10. The molecule has 0 bridgehead atoms. The SMILES string of the molecule is CSc1ccc(-c2noc(COc3cc(C)nc(Nc4ccc(C)c(C)c4)n3)n2)cc1. The third-order valence-electron chi connectivity index (χ3n) is 4.75. The van der Waals surface area contributed by atoms with Crippen LogP contribution in [-0.2, 0) is 6.61 Å². The molecule has 4 rings (SSSR count). The fourth-order valence-corrected chi connectivity index (χ4v) is 3.33. The van der Waals surface area contributed by atoms with Gasteiger partial charge in [0, 0.05) is 27.9 Å². The van der Waals surface area contributed by atoms with E-state index < -0.39 is 0 Å². The van der Waals surface area contributed by atoms with E-state index in [0.717, 1.165) is 16.9 Å². The summed E-state index contributed by atoms with van der Waals surface area (Å²) in [7, 11) is 0. The summed E-state index contributed by atoms with van der Waals surface area (Å²) in [5.41, 5.74) is 5.04. The first-order valence-corrected chi connectivity index (χ1v) is 11.0. The summed E-state index contributed by atoms with van der Waals surface area (Å²) in [6.07, 6.45) is 2.04. The van der Waals surface area contributed by atoms with Crippen molar-refractivity contribution < 1.29 is 9.26 Å². The normalized spacial score (nSPS) is 10.8. The molecular weight excluding hydrogens is 410 g/mol. The number of ether oxygens (including phenoxy) is 1. The molecule has 0 saturated carbocycles. The van der Waals surface area contributed by atoms with Crippen LogP contribution in [0, 0.1) is 20.8 Å². The van der Waals surface area contributed by atoms with Gasteiger partial charge < -0.3 is 14.6 Å². The fraction of sp³-hybridized carbons (Fsp3) is 0.217. The van der Waals surface area contributed by atoms with Gasteiger partial charge in [-0.2, -0.15) is 9.97 Å². The minimum absolute atomic E-state index is 0.120. The van der Waals surface area contributed by atoms with E-state index in [1.165, 1.54) is 16.0 Å². The molecule has 1 N–H and O–H groups in total. The summed E-state index contributed by atoms with van der Waals surface area (Å²) in [6.45, 7) is 6.16. The molecule has 0 aliphatic rings. The van der Waals surface area contributed by atoms with Crippen LogP contribution in [-0.4, -0.2) is 26.4 Å². The van der Waals surface area contributed by atoms with E-state index in [9.17, 15) is 0 Å². The molecule has 8 heteroatoms. The van der Waals surface area contributed by atoms with Gasteiger partial charge in [-0.1, -0.05) is 11.2 Å². The van der Waals surface area contributed by atoms with Gasteiger partial charge in [0.25, 0.3) is 5.89 Å². The van der Waals surface area contributed by atoms with Crippen LogP contribution in [0.5, 0.6) is 5.88 Å². The van der Waals surface area contributed by atoms with Crippen molar-refractivity contribution in [2.24, 2.45) is 0 Å². The van der Waals surface area contributed by atoms with E-state index in [4.69, 9.17) is 9.26 Å². The molecule has 31 heavy (non-hydrogen) atoms. The number of aryl methyl sites for hydroxylation is 3. The van der Waals surface area contributed by atoms with Crippen molar-refractivity contribution in [3.8, 4) is 17.3 Å². The van der Waals surface area contributed by atoms with Crippen LogP contribution in [0.15, 0.2) is 57.9 Å². The summed E-state index contributed by atoms with van der Waals surface area (Å²) in [5, 5.41) is 7.27. The van der Waals surface area contributed by atoms with Crippen molar-refractivity contribution in [2.75, 3.05) is 11.6 Å². The molecule has 0 fully saturated rings. The number of anilines is 2. The Bertz CT molecular complexity index is 1190. The smallest absolute Gasteiger partial charge is 0.264 e. The van der Waals surface area contributed by atoms with E-state index in [-0.39, 0.29) is 6.61 Å². The van der Waals surface area contributed by atoms with Crippen LogP contribution in [0.25, 0.3) is 11.4 Å². The molecule has 2 aromatic carbocycles. The summed E-state index contributed by atoms with van der Waals surface area (Å²) in [4.78, 5) is 14.5. The third kappa shape index (κ3) is 5.21. The summed E-state index contributed by atoms with van der Waals surface area (Å²) >= 11 is 1.69. The molecule has 2 aromatic heterocycles. The molecule has 158 valence electrons. The van der Waals surface area contributed by atoms with E-state index >= 15 is 0 Å². The number of hydrogen-bond acceptors (Lipinski definition) is 8. The average molecular weight is 434 g/mol. The third-order valence-corrected chi connectivity index (χ3v) is 5.50. The minimum atomic E-state index is 0.120. The van der Waals surface area contributed by atoms with Crippen LogP contribution in [0.4, 0.5) is 11.6 Å². The number of nitrogens with zero attached hydrogens (tertiary/aromatic N) is 4. The van der Waals surface area contributed by atoms with Gasteiger partial charge in [-0.15, -0.1) is 11.8 Å². The first-order chi connectivity index (χ1) is 15.0. The van der Waals surface area contributed by atoms with Crippen molar-refractivity contribution in [3.63, 3.8) is 0 Å². The Morgan fingerprint density at radius 3 is 2.48 bits per heavy atom. The molecule has 0 spiro atoms. The summed E-state index contributed by atoms with van der Waals surface area (Å²) in [5.74, 6) is 1.81. The van der Waals surface area contributed by atoms with Crippen LogP contribution in [0.2, 0.25) is 0 Å². The van der Waals surface area contributed by atoms with Gasteiger partial charge in [0.15, 0.2) is 6.61 Å². The standard InChI is InChI=1S/C23H23N5O2S/c1-14-5-8-18(11-15(14)2)25-23-24-16(3)12-20(27-23)29-13-21-26-22(28-30-21)17-6-9-19(31-4)10-7-17/h5-12H,13H2,1-4H3,(H,24,25,27). The number of benzene rings is 2. The second-order valence-electron chi connectivity index (χ2n) is 7.12. The van der Waals surface area contributed by atoms with Gasteiger partial charge in [-0.3, -0.25) is 0 Å². The molecule has 0 unspecified atom stereocenters. The molecule has 7 nitrogen and oxygen atoms in total. The molecule has 0 aliphatic carbocycles. The van der Waals surface area contributed by atoms with Gasteiger partial charge in [0.05, 0.1) is 0 Å². The maximum atomic E-state index is 5.79. The molecule has 0 saturated heterocycles. The Hall–Kier alpha value is -3.39. The van der Waals surface area contributed by atoms with Crippen molar-refractivity contribution in [3.05, 3.63) is 71.2 Å². The quantitative estimate of drug-likeness (QED) is 0.383. The van der Waals surface area contributed by atoms with E-state index in [1.807, 2.05) is 43.5 Å². The topological polar surface area (TPSA) is 86.0 Å². The van der Waals surface area contributed by atoms with Gasteiger partial charge in [0.2, 0.25) is 17.7 Å². The maximum absolute atomic E-state index is 5.79. The average Bonchev–Trinajstić information content (AvgIpc) is 3.24. The lowest BCUT2D eigenvalue weighted by Crippen LogP contribution is -2.03. The zero-order chi connectivity index (χ0) is 21.8. The Kier molecular flexibility index (Phi) is 6.18. The van der Waals surface area contributed by atoms with Crippen LogP contribution in [0.1, 0.15) is 22.7 Å². The van der Waals surface area contributed by atoms with Crippen LogP contribution < -0.4 is 10.1 Å². The minimum Gasteiger partial charge on any atom is -0.467 e. The highest BCUT2D eigenvalue weighted by Crippen LogP contribution is 2.22. The first-order valence-electron chi connectivity index (χ1n) is 9.80. The highest BCUT2D eigenvalue weighted by Gasteiger charge is 2.11. The van der Waals surface area contributed by atoms with Gasteiger partial charge in [-0.25, -0.2) is 4.98 Å². The van der Waals surface area contributed by atoms with Crippen molar-refractivity contribution in [1.82, 2.24) is 20.1 Å². The van der Waals surface area contributed by atoms with E-state index in [2.05, 4.69) is 51.4 Å². The maximum Gasteiger partial charge on any atom is 0.264 e. The predicted molar refractivity (Wildman–Crippen MR) is 122 cm³/mol. The number of nitrogens with one attached hydrogen (secondary N) is 1. The van der Waals surface area contributed by atoms with Crippen molar-refractivity contribution >= 4 is 23.4 Å². The lowest BCUT2D eigenvalue weighted by atomic mass is 10.1. The second-order valence-corrected chi connectivity index (χ2v) is 8.00. The number of hydrogen-bond donors (Lipinski definition) is 1. The molecule has 4 aromatic rings. The highest BCUT2D eigenvalue weighted by atomic mass is 32.2. The monoisotopic (exact) mass is 433 g/mol. The number of aromatic nitrogens is 4. The molecule has 0 atom stereocenters.